The van der Waals surface area contributed by atoms with E-state index in [-0.39, 0.29) is 10.4 Å². The second-order valence-electron chi connectivity index (χ2n) is 9.77. The maximum Gasteiger partial charge on any atom is 0.345 e. The molecule has 0 N–H and O–H groups in total. The Morgan fingerprint density at radius 2 is 1.74 bits per heavy atom. The van der Waals surface area contributed by atoms with Gasteiger partial charge in [0.25, 0.3) is 0 Å². The Bertz CT molecular complexity index is 1130. The second-order valence-corrected chi connectivity index (χ2v) is 10.6. The first-order chi connectivity index (χ1) is 15.9. The van der Waals surface area contributed by atoms with Crippen LogP contribution in [0, 0.1) is 28.6 Å². The molecule has 2 aromatic carbocycles. The number of allylic oxidation sites excluding steroid dienone is 1. The van der Waals surface area contributed by atoms with E-state index in [0.717, 1.165) is 0 Å². The number of ether oxygens (including phenoxy) is 3. The van der Waals surface area contributed by atoms with Crippen molar-refractivity contribution in [2.75, 3.05) is 0 Å². The molecule has 0 unspecified atom stereocenters. The first-order valence-corrected chi connectivity index (χ1v) is 11.8. The van der Waals surface area contributed by atoms with E-state index in [1.165, 1.54) is 0 Å². The number of hydrogen-bond donors (Lipinski definition) is 0. The molecule has 0 heterocycles. The molecule has 2 aromatic rings. The third-order valence-electron chi connectivity index (χ3n) is 5.58. The van der Waals surface area contributed by atoms with Gasteiger partial charge in [-0.1, -0.05) is 50.3 Å². The van der Waals surface area contributed by atoms with E-state index in [2.05, 4.69) is 22.0 Å². The zero-order valence-electron chi connectivity index (χ0n) is 19.9. The fourth-order valence-electron chi connectivity index (χ4n) is 3.72. The van der Waals surface area contributed by atoms with Crippen LogP contribution >= 0.6 is 15.9 Å². The van der Waals surface area contributed by atoms with Crippen LogP contribution in [-0.2, 0) is 19.1 Å². The van der Waals surface area contributed by atoms with Crippen molar-refractivity contribution in [3.05, 3.63) is 70.7 Å². The Morgan fingerprint density at radius 1 is 1.09 bits per heavy atom. The van der Waals surface area contributed by atoms with Crippen molar-refractivity contribution < 1.29 is 23.8 Å². The molecule has 0 saturated heterocycles. The lowest BCUT2D eigenvalue weighted by molar-refractivity contribution is -0.150. The maximum atomic E-state index is 13.0. The third-order valence-corrected chi connectivity index (χ3v) is 6.16. The van der Waals surface area contributed by atoms with Gasteiger partial charge in [0, 0.05) is 5.56 Å². The maximum absolute atomic E-state index is 13.0. The monoisotopic (exact) mass is 525 g/mol. The first-order valence-electron chi connectivity index (χ1n) is 11.0. The second kappa shape index (κ2) is 10.0. The summed E-state index contributed by atoms with van der Waals surface area (Å²) in [6.07, 6.45) is 0.609. The summed E-state index contributed by atoms with van der Waals surface area (Å²) in [5.74, 6) is -0.496. The highest BCUT2D eigenvalue weighted by Crippen LogP contribution is 2.60. The fraction of sp³-hybridized carbons (Fsp3) is 0.370. The van der Waals surface area contributed by atoms with Crippen molar-refractivity contribution in [3.8, 4) is 17.6 Å². The predicted octanol–water partition coefficient (Wildman–Crippen LogP) is 6.48. The van der Waals surface area contributed by atoms with Crippen LogP contribution < -0.4 is 4.74 Å². The van der Waals surface area contributed by atoms with Crippen LogP contribution in [0.2, 0.25) is 0 Å². The largest absolute Gasteiger partial charge is 0.457 e. The molecule has 1 fully saturated rings. The molecule has 0 radical (unpaired) electrons. The lowest BCUT2D eigenvalue weighted by atomic mass is 10.1. The SMILES string of the molecule is CC(C)(C)OC(=O)/C(Br)=C/[C@H]1[C@@H](C(=O)O[C@H](C#N)c2cccc(Oc3ccccc3)c2)C1(C)C. The van der Waals surface area contributed by atoms with Gasteiger partial charge in [-0.05, 0) is 72.3 Å². The Labute approximate surface area is 208 Å². The summed E-state index contributed by atoms with van der Waals surface area (Å²) < 4.78 is 17.0. The zero-order valence-corrected chi connectivity index (χ0v) is 21.5. The average molecular weight is 526 g/mol. The Morgan fingerprint density at radius 3 is 2.35 bits per heavy atom. The molecule has 0 amide bonds. The highest BCUT2D eigenvalue weighted by atomic mass is 79.9. The van der Waals surface area contributed by atoms with Crippen molar-refractivity contribution >= 4 is 27.9 Å². The van der Waals surface area contributed by atoms with Gasteiger partial charge in [-0.15, -0.1) is 0 Å². The molecule has 1 aliphatic rings. The highest BCUT2D eigenvalue weighted by Gasteiger charge is 2.62. The molecule has 1 aliphatic carbocycles. The van der Waals surface area contributed by atoms with E-state index in [0.29, 0.717) is 17.1 Å². The Balaban J connectivity index is 1.69. The minimum Gasteiger partial charge on any atom is -0.457 e. The molecule has 178 valence electrons. The van der Waals surface area contributed by atoms with Crippen LogP contribution in [0.1, 0.15) is 46.3 Å². The van der Waals surface area contributed by atoms with E-state index < -0.39 is 35.0 Å². The summed E-state index contributed by atoms with van der Waals surface area (Å²) >= 11 is 3.27. The van der Waals surface area contributed by atoms with Crippen molar-refractivity contribution in [1.82, 2.24) is 0 Å². The molecule has 0 aromatic heterocycles. The van der Waals surface area contributed by atoms with Gasteiger partial charge in [-0.25, -0.2) is 4.79 Å². The van der Waals surface area contributed by atoms with Gasteiger partial charge in [-0.3, -0.25) is 4.79 Å². The number of rotatable bonds is 7. The van der Waals surface area contributed by atoms with Crippen molar-refractivity contribution in [1.29, 1.82) is 5.26 Å². The van der Waals surface area contributed by atoms with Gasteiger partial charge >= 0.3 is 11.9 Å². The predicted molar refractivity (Wildman–Crippen MR) is 131 cm³/mol. The van der Waals surface area contributed by atoms with E-state index in [1.807, 2.05) is 44.2 Å². The molecule has 34 heavy (non-hydrogen) atoms. The smallest absolute Gasteiger partial charge is 0.345 e. The van der Waals surface area contributed by atoms with Gasteiger partial charge in [0.05, 0.1) is 10.4 Å². The van der Waals surface area contributed by atoms with Gasteiger partial charge in [0.1, 0.15) is 23.2 Å². The number of para-hydroxylation sites is 1. The molecule has 3 rings (SSSR count). The number of hydrogen-bond acceptors (Lipinski definition) is 6. The van der Waals surface area contributed by atoms with Crippen molar-refractivity contribution in [2.45, 2.75) is 46.3 Å². The van der Waals surface area contributed by atoms with Gasteiger partial charge in [-0.2, -0.15) is 5.26 Å². The number of carbonyl (C=O) groups excluding carboxylic acids is 2. The Hall–Kier alpha value is -3.11. The minimum atomic E-state index is -1.08. The topological polar surface area (TPSA) is 85.6 Å². The molecule has 1 saturated carbocycles. The van der Waals surface area contributed by atoms with Crippen LogP contribution in [0.4, 0.5) is 0 Å². The molecule has 0 bridgehead atoms. The third kappa shape index (κ3) is 6.27. The minimum absolute atomic E-state index is 0.228. The zero-order chi connectivity index (χ0) is 25.1. The number of benzene rings is 2. The van der Waals surface area contributed by atoms with Crippen LogP contribution in [-0.4, -0.2) is 17.5 Å². The number of nitriles is 1. The van der Waals surface area contributed by atoms with E-state index in [1.54, 1.807) is 51.1 Å². The molecular formula is C27H28BrNO5. The highest BCUT2D eigenvalue weighted by molar-refractivity contribution is 9.12. The number of nitrogens with zero attached hydrogens (tertiary/aromatic N) is 1. The summed E-state index contributed by atoms with van der Waals surface area (Å²) in [5, 5.41) is 9.68. The van der Waals surface area contributed by atoms with E-state index in [9.17, 15) is 14.9 Å². The standard InChI is InChI=1S/C27H28BrNO5/c1-26(2,3)34-24(30)21(28)15-20-23(27(20,4)5)25(31)33-22(16-29)17-10-9-13-19(14-17)32-18-11-7-6-8-12-18/h6-15,20,22-23H,1-5H3/b21-15-/t20-,22+,23-/m0/s1. The molecule has 7 heteroatoms. The molecule has 0 aliphatic heterocycles. The lowest BCUT2D eigenvalue weighted by Gasteiger charge is -2.19. The summed E-state index contributed by atoms with van der Waals surface area (Å²) in [5.41, 5.74) is -0.527. The van der Waals surface area contributed by atoms with E-state index >= 15 is 0 Å². The van der Waals surface area contributed by atoms with Crippen LogP contribution in [0.5, 0.6) is 11.5 Å². The summed E-state index contributed by atoms with van der Waals surface area (Å²) in [6.45, 7) is 9.20. The van der Waals surface area contributed by atoms with Gasteiger partial charge < -0.3 is 14.2 Å². The molecule has 6 nitrogen and oxygen atoms in total. The van der Waals surface area contributed by atoms with Gasteiger partial charge in [0.2, 0.25) is 6.10 Å². The number of esters is 2. The molecular weight excluding hydrogens is 498 g/mol. The quantitative estimate of drug-likeness (QED) is 0.303. The van der Waals surface area contributed by atoms with Crippen LogP contribution in [0.3, 0.4) is 0 Å². The summed E-state index contributed by atoms with van der Waals surface area (Å²) in [4.78, 5) is 25.2. The molecule has 3 atom stereocenters. The van der Waals surface area contributed by atoms with Crippen LogP contribution in [0.25, 0.3) is 0 Å². The number of carbonyl (C=O) groups is 2. The first kappa shape index (κ1) is 25.5. The van der Waals surface area contributed by atoms with Crippen molar-refractivity contribution in [2.24, 2.45) is 17.3 Å². The normalized spacial score (nSPS) is 20.0. The lowest BCUT2D eigenvalue weighted by Crippen LogP contribution is -2.23. The number of halogens is 1. The Kier molecular flexibility index (Phi) is 7.52. The van der Waals surface area contributed by atoms with E-state index in [4.69, 9.17) is 14.2 Å². The van der Waals surface area contributed by atoms with Crippen LogP contribution in [0.15, 0.2) is 65.2 Å². The fourth-order valence-corrected chi connectivity index (χ4v) is 4.08. The summed E-state index contributed by atoms with van der Waals surface area (Å²) in [7, 11) is 0. The van der Waals surface area contributed by atoms with Crippen molar-refractivity contribution in [3.63, 3.8) is 0 Å². The molecule has 0 spiro atoms. The summed E-state index contributed by atoms with van der Waals surface area (Å²) in [6, 6.07) is 18.2. The average Bonchev–Trinajstić information content (AvgIpc) is 3.31. The van der Waals surface area contributed by atoms with Gasteiger partial charge in [0.15, 0.2) is 0 Å².